The quantitative estimate of drug-likeness (QED) is 0.611. The zero-order chi connectivity index (χ0) is 21.2. The Kier molecular flexibility index (Phi) is 5.69. The van der Waals surface area contributed by atoms with Crippen LogP contribution < -0.4 is 10.9 Å². The molecule has 5 heteroatoms. The van der Waals surface area contributed by atoms with Crippen molar-refractivity contribution >= 4 is 17.2 Å². The molecule has 150 valence electrons. The summed E-state index contributed by atoms with van der Waals surface area (Å²) in [6.07, 6.45) is 0. The van der Waals surface area contributed by atoms with Gasteiger partial charge in [-0.3, -0.25) is 9.59 Å². The lowest BCUT2D eigenvalue weighted by Crippen LogP contribution is -2.28. The third-order valence-corrected chi connectivity index (χ3v) is 4.87. The summed E-state index contributed by atoms with van der Waals surface area (Å²) < 4.78 is 1.39. The number of rotatable bonds is 5. The summed E-state index contributed by atoms with van der Waals surface area (Å²) in [6.45, 7) is 10.2. The summed E-state index contributed by atoms with van der Waals surface area (Å²) in [5.41, 5.74) is 3.56. The molecule has 0 unspecified atom stereocenters. The average molecular weight is 389 g/mol. The van der Waals surface area contributed by atoms with Crippen molar-refractivity contribution in [1.82, 2.24) is 9.78 Å². The number of benzene rings is 2. The predicted octanol–water partition coefficient (Wildman–Crippen LogP) is 5.17. The van der Waals surface area contributed by atoms with E-state index in [0.717, 1.165) is 11.3 Å². The largest absolute Gasteiger partial charge is 0.350 e. The third-order valence-electron chi connectivity index (χ3n) is 4.87. The highest BCUT2D eigenvalue weighted by Gasteiger charge is 2.22. The molecule has 0 saturated heterocycles. The Morgan fingerprint density at radius 2 is 1.66 bits per heavy atom. The average Bonchev–Trinajstić information content (AvgIpc) is 2.69. The highest BCUT2D eigenvalue weighted by Crippen LogP contribution is 2.29. The molecule has 0 aliphatic carbocycles. The number of anilines is 2. The van der Waals surface area contributed by atoms with Crippen molar-refractivity contribution in [3.8, 4) is 11.3 Å². The van der Waals surface area contributed by atoms with Gasteiger partial charge in [-0.2, -0.15) is 5.10 Å². The minimum atomic E-state index is -0.308. The molecule has 0 aliphatic rings. The molecule has 0 amide bonds. The number of nitrogens with zero attached hydrogens (tertiary/aromatic N) is 2. The van der Waals surface area contributed by atoms with Gasteiger partial charge in [0, 0.05) is 17.8 Å². The van der Waals surface area contributed by atoms with Crippen LogP contribution >= 0.6 is 0 Å². The zero-order valence-corrected chi connectivity index (χ0v) is 17.6. The summed E-state index contributed by atoms with van der Waals surface area (Å²) in [4.78, 5) is 25.6. The standard InChI is InChI=1S/C24H27N3O2/c1-6-27-23(29)22(25-19-14-12-18(13-15-19)24(3,4)5)20(16(2)28)21(26-27)17-10-8-7-9-11-17/h7-15,25H,6H2,1-5H3. The van der Waals surface area contributed by atoms with Crippen LogP contribution in [-0.2, 0) is 12.0 Å². The lowest BCUT2D eigenvalue weighted by Gasteiger charge is -2.20. The van der Waals surface area contributed by atoms with Gasteiger partial charge in [-0.25, -0.2) is 4.68 Å². The summed E-state index contributed by atoms with van der Waals surface area (Å²) >= 11 is 0. The molecule has 29 heavy (non-hydrogen) atoms. The first-order valence-electron chi connectivity index (χ1n) is 9.81. The van der Waals surface area contributed by atoms with Gasteiger partial charge in [0.2, 0.25) is 0 Å². The monoisotopic (exact) mass is 389 g/mol. The fraction of sp³-hybridized carbons (Fsp3) is 0.292. The molecule has 0 atom stereocenters. The van der Waals surface area contributed by atoms with Gasteiger partial charge >= 0.3 is 0 Å². The predicted molar refractivity (Wildman–Crippen MR) is 118 cm³/mol. The molecule has 3 rings (SSSR count). The van der Waals surface area contributed by atoms with Crippen LogP contribution in [0.5, 0.6) is 0 Å². The van der Waals surface area contributed by atoms with Crippen LogP contribution in [0.1, 0.15) is 50.5 Å². The number of ketones is 1. The van der Waals surface area contributed by atoms with Gasteiger partial charge in [0.1, 0.15) is 11.4 Å². The Morgan fingerprint density at radius 3 is 2.17 bits per heavy atom. The molecule has 2 aromatic carbocycles. The molecular weight excluding hydrogens is 362 g/mol. The number of carbonyl (C=O) groups is 1. The van der Waals surface area contributed by atoms with Gasteiger partial charge in [-0.05, 0) is 37.0 Å². The molecule has 1 aromatic heterocycles. The van der Waals surface area contributed by atoms with Crippen LogP contribution in [0.25, 0.3) is 11.3 Å². The number of aromatic nitrogens is 2. The van der Waals surface area contributed by atoms with Crippen LogP contribution in [0.2, 0.25) is 0 Å². The van der Waals surface area contributed by atoms with Gasteiger partial charge in [0.25, 0.3) is 5.56 Å². The summed E-state index contributed by atoms with van der Waals surface area (Å²) in [6, 6.07) is 17.4. The molecule has 3 aromatic rings. The topological polar surface area (TPSA) is 64.0 Å². The second kappa shape index (κ2) is 8.03. The number of hydrogen-bond acceptors (Lipinski definition) is 4. The number of carbonyl (C=O) groups excluding carboxylic acids is 1. The maximum atomic E-state index is 13.0. The molecule has 0 radical (unpaired) electrons. The van der Waals surface area contributed by atoms with E-state index >= 15 is 0 Å². The number of Topliss-reactive ketones (excluding diaryl/α,β-unsaturated/α-hetero) is 1. The van der Waals surface area contributed by atoms with Crippen LogP contribution in [0.4, 0.5) is 11.4 Å². The zero-order valence-electron chi connectivity index (χ0n) is 17.6. The first-order valence-corrected chi connectivity index (χ1v) is 9.81. The number of hydrogen-bond donors (Lipinski definition) is 1. The number of aryl methyl sites for hydroxylation is 1. The third kappa shape index (κ3) is 4.29. The van der Waals surface area contributed by atoms with Crippen molar-refractivity contribution in [2.45, 2.75) is 46.6 Å². The molecule has 0 fully saturated rings. The first-order chi connectivity index (χ1) is 13.7. The summed E-state index contributed by atoms with van der Waals surface area (Å²) in [5, 5.41) is 7.67. The molecule has 0 saturated carbocycles. The highest BCUT2D eigenvalue weighted by atomic mass is 16.1. The number of nitrogens with one attached hydrogen (secondary N) is 1. The highest BCUT2D eigenvalue weighted by molar-refractivity contribution is 6.05. The van der Waals surface area contributed by atoms with Gasteiger partial charge in [-0.15, -0.1) is 0 Å². The normalized spacial score (nSPS) is 11.3. The van der Waals surface area contributed by atoms with E-state index in [9.17, 15) is 9.59 Å². The molecule has 5 nitrogen and oxygen atoms in total. The fourth-order valence-electron chi connectivity index (χ4n) is 3.24. The van der Waals surface area contributed by atoms with E-state index in [2.05, 4.69) is 31.2 Å². The Morgan fingerprint density at radius 1 is 1.03 bits per heavy atom. The lowest BCUT2D eigenvalue weighted by atomic mass is 9.87. The van der Waals surface area contributed by atoms with E-state index in [1.54, 1.807) is 0 Å². The minimum absolute atomic E-state index is 0.0369. The Labute approximate surface area is 171 Å². The molecule has 1 N–H and O–H groups in total. The Hall–Kier alpha value is -3.21. The van der Waals surface area contributed by atoms with E-state index in [1.165, 1.54) is 17.2 Å². The van der Waals surface area contributed by atoms with E-state index in [1.807, 2.05) is 61.5 Å². The van der Waals surface area contributed by atoms with Gasteiger partial charge in [0.15, 0.2) is 5.78 Å². The van der Waals surface area contributed by atoms with Crippen molar-refractivity contribution in [1.29, 1.82) is 0 Å². The van der Waals surface area contributed by atoms with Gasteiger partial charge in [0.05, 0.1) is 5.56 Å². The van der Waals surface area contributed by atoms with Crippen LogP contribution in [0.15, 0.2) is 59.4 Å². The molecule has 0 aliphatic heterocycles. The van der Waals surface area contributed by atoms with E-state index in [-0.39, 0.29) is 22.4 Å². The van der Waals surface area contributed by atoms with Crippen LogP contribution in [0.3, 0.4) is 0 Å². The van der Waals surface area contributed by atoms with Crippen LogP contribution in [-0.4, -0.2) is 15.6 Å². The lowest BCUT2D eigenvalue weighted by molar-refractivity contribution is 0.101. The van der Waals surface area contributed by atoms with Gasteiger partial charge < -0.3 is 5.32 Å². The van der Waals surface area contributed by atoms with Crippen molar-refractivity contribution < 1.29 is 4.79 Å². The second-order valence-electron chi connectivity index (χ2n) is 8.09. The molecule has 0 bridgehead atoms. The Bertz CT molecular complexity index is 1080. The summed E-state index contributed by atoms with van der Waals surface area (Å²) in [5.74, 6) is -0.203. The summed E-state index contributed by atoms with van der Waals surface area (Å²) in [7, 11) is 0. The maximum absolute atomic E-state index is 13.0. The first kappa shape index (κ1) is 20.5. The van der Waals surface area contributed by atoms with E-state index < -0.39 is 0 Å². The van der Waals surface area contributed by atoms with E-state index in [0.29, 0.717) is 17.8 Å². The maximum Gasteiger partial charge on any atom is 0.291 e. The SMILES string of the molecule is CCn1nc(-c2ccccc2)c(C(C)=O)c(Nc2ccc(C(C)(C)C)cc2)c1=O. The Balaban J connectivity index is 2.17. The second-order valence-corrected chi connectivity index (χ2v) is 8.09. The van der Waals surface area contributed by atoms with Crippen molar-refractivity contribution in [3.05, 3.63) is 76.1 Å². The minimum Gasteiger partial charge on any atom is -0.350 e. The van der Waals surface area contributed by atoms with Crippen molar-refractivity contribution in [2.75, 3.05) is 5.32 Å². The fourth-order valence-corrected chi connectivity index (χ4v) is 3.24. The van der Waals surface area contributed by atoms with E-state index in [4.69, 9.17) is 0 Å². The molecule has 1 heterocycles. The smallest absolute Gasteiger partial charge is 0.291 e. The van der Waals surface area contributed by atoms with Crippen molar-refractivity contribution in [3.63, 3.8) is 0 Å². The van der Waals surface area contributed by atoms with Crippen LogP contribution in [0, 0.1) is 0 Å². The van der Waals surface area contributed by atoms with Crippen molar-refractivity contribution in [2.24, 2.45) is 0 Å². The molecule has 0 spiro atoms. The molecular formula is C24H27N3O2. The van der Waals surface area contributed by atoms with Gasteiger partial charge in [-0.1, -0.05) is 63.2 Å².